The number of carbonyl (C=O) groups is 1. The van der Waals surface area contributed by atoms with Gasteiger partial charge in [-0.1, -0.05) is 0 Å². The molecule has 27 heavy (non-hydrogen) atoms. The summed E-state index contributed by atoms with van der Waals surface area (Å²) >= 11 is 0. The van der Waals surface area contributed by atoms with Crippen LogP contribution in [0.1, 0.15) is 10.6 Å². The van der Waals surface area contributed by atoms with Crippen LogP contribution in [0.15, 0.2) is 27.8 Å². The summed E-state index contributed by atoms with van der Waals surface area (Å²) in [6, 6.07) is 4.04. The fourth-order valence-corrected chi connectivity index (χ4v) is 4.14. The van der Waals surface area contributed by atoms with E-state index in [2.05, 4.69) is 25.0 Å². The number of aliphatic imine (C=N–C) groups is 1. The molecule has 0 saturated carbocycles. The third kappa shape index (κ3) is 4.57. The van der Waals surface area contributed by atoms with Crippen molar-refractivity contribution in [3.63, 3.8) is 0 Å². The van der Waals surface area contributed by atoms with Gasteiger partial charge in [0.15, 0.2) is 11.7 Å². The molecule has 1 aromatic heterocycles. The SMILES string of the molecule is CN=C(NCC1CN2CCN1CC2)N1CCN(C(=O)c2ccco2)CC1.I. The first-order valence-corrected chi connectivity index (χ1v) is 9.49. The lowest BCUT2D eigenvalue weighted by Gasteiger charge is -2.47. The van der Waals surface area contributed by atoms with Crippen molar-refractivity contribution in [3.8, 4) is 0 Å². The van der Waals surface area contributed by atoms with Gasteiger partial charge in [-0.05, 0) is 12.1 Å². The van der Waals surface area contributed by atoms with Crippen LogP contribution >= 0.6 is 24.0 Å². The summed E-state index contributed by atoms with van der Waals surface area (Å²) < 4.78 is 5.22. The fraction of sp³-hybridized carbons (Fsp3) is 0.667. The highest BCUT2D eigenvalue weighted by atomic mass is 127. The van der Waals surface area contributed by atoms with Gasteiger partial charge >= 0.3 is 0 Å². The number of nitrogens with zero attached hydrogens (tertiary/aromatic N) is 5. The Balaban J connectivity index is 0.00000210. The topological polar surface area (TPSA) is 67.6 Å². The van der Waals surface area contributed by atoms with E-state index >= 15 is 0 Å². The Bertz CT molecular complexity index is 636. The molecule has 4 saturated heterocycles. The molecule has 9 heteroatoms. The van der Waals surface area contributed by atoms with Crippen LogP contribution in [0.25, 0.3) is 0 Å². The molecule has 8 nitrogen and oxygen atoms in total. The van der Waals surface area contributed by atoms with E-state index in [1.165, 1.54) is 26.2 Å². The molecule has 150 valence electrons. The van der Waals surface area contributed by atoms with Crippen LogP contribution in [0.3, 0.4) is 0 Å². The molecule has 0 aromatic carbocycles. The molecule has 1 unspecified atom stereocenters. The van der Waals surface area contributed by atoms with Gasteiger partial charge in [0, 0.05) is 78.5 Å². The third-order valence-electron chi connectivity index (χ3n) is 5.70. The van der Waals surface area contributed by atoms with E-state index in [0.717, 1.165) is 32.1 Å². The van der Waals surface area contributed by atoms with Crippen molar-refractivity contribution in [3.05, 3.63) is 24.2 Å². The van der Waals surface area contributed by atoms with Crippen molar-refractivity contribution >= 4 is 35.8 Å². The van der Waals surface area contributed by atoms with Crippen LogP contribution < -0.4 is 5.32 Å². The summed E-state index contributed by atoms with van der Waals surface area (Å²) in [5, 5.41) is 3.55. The molecule has 0 aliphatic carbocycles. The predicted molar refractivity (Wildman–Crippen MR) is 115 cm³/mol. The minimum Gasteiger partial charge on any atom is -0.459 e. The van der Waals surface area contributed by atoms with Gasteiger partial charge in [0.1, 0.15) is 0 Å². The zero-order valence-corrected chi connectivity index (χ0v) is 18.2. The van der Waals surface area contributed by atoms with E-state index < -0.39 is 0 Å². The number of hydrogen-bond donors (Lipinski definition) is 1. The summed E-state index contributed by atoms with van der Waals surface area (Å²) in [6.45, 7) is 9.78. The van der Waals surface area contributed by atoms with Crippen molar-refractivity contribution in [2.75, 3.05) is 72.5 Å². The van der Waals surface area contributed by atoms with Gasteiger partial charge in [0.25, 0.3) is 5.91 Å². The average molecular weight is 488 g/mol. The Morgan fingerprint density at radius 3 is 2.41 bits per heavy atom. The Morgan fingerprint density at radius 1 is 1.15 bits per heavy atom. The Kier molecular flexibility index (Phi) is 6.99. The average Bonchev–Trinajstić information content (AvgIpc) is 3.24. The van der Waals surface area contributed by atoms with Gasteiger partial charge in [0.05, 0.1) is 6.26 Å². The number of amides is 1. The molecule has 0 radical (unpaired) electrons. The van der Waals surface area contributed by atoms with Gasteiger partial charge in [-0.15, -0.1) is 24.0 Å². The zero-order valence-electron chi connectivity index (χ0n) is 15.8. The number of furan rings is 1. The fourth-order valence-electron chi connectivity index (χ4n) is 4.14. The summed E-state index contributed by atoms with van der Waals surface area (Å²) in [5.41, 5.74) is 0. The molecular weight excluding hydrogens is 459 g/mol. The number of fused-ring (bicyclic) bond motifs is 3. The van der Waals surface area contributed by atoms with Crippen molar-refractivity contribution in [2.24, 2.45) is 4.99 Å². The number of piperazine rings is 4. The Labute approximate surface area is 177 Å². The number of hydrogen-bond acceptors (Lipinski definition) is 5. The van der Waals surface area contributed by atoms with Gasteiger partial charge in [-0.3, -0.25) is 19.6 Å². The number of nitrogens with one attached hydrogen (secondary N) is 1. The quantitative estimate of drug-likeness (QED) is 0.374. The van der Waals surface area contributed by atoms with Crippen molar-refractivity contribution in [1.29, 1.82) is 0 Å². The number of guanidine groups is 1. The lowest BCUT2D eigenvalue weighted by molar-refractivity contribution is 0.0151. The molecule has 1 aromatic rings. The molecule has 0 spiro atoms. The van der Waals surface area contributed by atoms with Crippen LogP contribution in [0.2, 0.25) is 0 Å². The molecule has 4 fully saturated rings. The van der Waals surface area contributed by atoms with E-state index in [0.29, 0.717) is 24.9 Å². The highest BCUT2D eigenvalue weighted by Crippen LogP contribution is 2.15. The molecule has 4 aliphatic rings. The summed E-state index contributed by atoms with van der Waals surface area (Å²) in [7, 11) is 1.83. The molecule has 2 bridgehead atoms. The first kappa shape index (κ1) is 20.4. The highest BCUT2D eigenvalue weighted by Gasteiger charge is 2.32. The second-order valence-electron chi connectivity index (χ2n) is 7.18. The van der Waals surface area contributed by atoms with E-state index in [9.17, 15) is 4.79 Å². The van der Waals surface area contributed by atoms with E-state index in [1.54, 1.807) is 18.4 Å². The van der Waals surface area contributed by atoms with Crippen LogP contribution in [-0.2, 0) is 0 Å². The third-order valence-corrected chi connectivity index (χ3v) is 5.70. The number of halogens is 1. The maximum atomic E-state index is 12.4. The van der Waals surface area contributed by atoms with Gasteiger partial charge < -0.3 is 19.5 Å². The molecule has 1 amide bonds. The number of rotatable bonds is 3. The summed E-state index contributed by atoms with van der Waals surface area (Å²) in [5.74, 6) is 1.32. The number of carbonyl (C=O) groups excluding carboxylic acids is 1. The summed E-state index contributed by atoms with van der Waals surface area (Å²) in [6.07, 6.45) is 1.54. The smallest absolute Gasteiger partial charge is 0.289 e. The van der Waals surface area contributed by atoms with Crippen molar-refractivity contribution in [2.45, 2.75) is 6.04 Å². The first-order chi connectivity index (χ1) is 12.7. The minimum atomic E-state index is -0.0299. The molecule has 1 atom stereocenters. The lowest BCUT2D eigenvalue weighted by atomic mass is 10.1. The van der Waals surface area contributed by atoms with E-state index in [1.807, 2.05) is 11.9 Å². The first-order valence-electron chi connectivity index (χ1n) is 9.49. The second kappa shape index (κ2) is 9.24. The zero-order chi connectivity index (χ0) is 17.9. The molecule has 5 heterocycles. The van der Waals surface area contributed by atoms with Crippen LogP contribution in [-0.4, -0.2) is 110 Å². The highest BCUT2D eigenvalue weighted by molar-refractivity contribution is 14.0. The largest absolute Gasteiger partial charge is 0.459 e. The van der Waals surface area contributed by atoms with Crippen molar-refractivity contribution < 1.29 is 9.21 Å². The standard InChI is InChI=1S/C18H28N6O2.HI/c1-19-18(20-13-15-14-21-4-6-22(15)7-5-21)24-10-8-23(9-11-24)17(25)16-3-2-12-26-16;/h2-3,12,15H,4-11,13-14H2,1H3,(H,19,20);1H. The maximum absolute atomic E-state index is 12.4. The van der Waals surface area contributed by atoms with E-state index in [4.69, 9.17) is 4.42 Å². The van der Waals surface area contributed by atoms with Gasteiger partial charge in [-0.2, -0.15) is 0 Å². The lowest BCUT2D eigenvalue weighted by Crippen LogP contribution is -2.64. The monoisotopic (exact) mass is 488 g/mol. The maximum Gasteiger partial charge on any atom is 0.289 e. The van der Waals surface area contributed by atoms with Crippen LogP contribution in [0.4, 0.5) is 0 Å². The molecule has 1 N–H and O–H groups in total. The normalized spacial score (nSPS) is 28.0. The predicted octanol–water partition coefficient (Wildman–Crippen LogP) is 0.231. The molecule has 4 aliphatic heterocycles. The Morgan fingerprint density at radius 2 is 1.85 bits per heavy atom. The van der Waals surface area contributed by atoms with Gasteiger partial charge in [-0.25, -0.2) is 0 Å². The molecule has 5 rings (SSSR count). The Hall–Kier alpha value is -1.33. The molecular formula is C18H29IN6O2. The van der Waals surface area contributed by atoms with Crippen LogP contribution in [0.5, 0.6) is 0 Å². The van der Waals surface area contributed by atoms with E-state index in [-0.39, 0.29) is 29.9 Å². The van der Waals surface area contributed by atoms with Gasteiger partial charge in [0.2, 0.25) is 0 Å². The van der Waals surface area contributed by atoms with Crippen LogP contribution in [0, 0.1) is 0 Å². The minimum absolute atomic E-state index is 0. The van der Waals surface area contributed by atoms with Crippen molar-refractivity contribution in [1.82, 2.24) is 24.9 Å². The second-order valence-corrected chi connectivity index (χ2v) is 7.18. The summed E-state index contributed by atoms with van der Waals surface area (Å²) in [4.78, 5) is 26.0.